The Morgan fingerprint density at radius 1 is 0.500 bits per heavy atom. The summed E-state index contributed by atoms with van der Waals surface area (Å²) in [5, 5.41) is 15.2. The van der Waals surface area contributed by atoms with Gasteiger partial charge in [-0.2, -0.15) is 0 Å². The van der Waals surface area contributed by atoms with E-state index in [0.717, 1.165) is 35.6 Å². The van der Waals surface area contributed by atoms with Crippen molar-refractivity contribution in [3.63, 3.8) is 0 Å². The molecule has 0 aliphatic heterocycles. The van der Waals surface area contributed by atoms with Crippen molar-refractivity contribution in [2.24, 2.45) is 0 Å². The van der Waals surface area contributed by atoms with Gasteiger partial charge in [0.05, 0.1) is 5.69 Å². The van der Waals surface area contributed by atoms with E-state index in [0.29, 0.717) is 0 Å². The monoisotopic (exact) mass is 544 g/mol. The van der Waals surface area contributed by atoms with Crippen molar-refractivity contribution < 1.29 is 0 Å². The van der Waals surface area contributed by atoms with E-state index in [9.17, 15) is 0 Å². The number of nitrogens with one attached hydrogen (secondary N) is 2. The summed E-state index contributed by atoms with van der Waals surface area (Å²) in [6.07, 6.45) is 2.08. The Balaban J connectivity index is 1.45. The fourth-order valence-corrected chi connectivity index (χ4v) is 6.20. The summed E-state index contributed by atoms with van der Waals surface area (Å²) >= 11 is 0. The molecule has 2 N–H and O–H groups in total. The number of anilines is 4. The first-order chi connectivity index (χ1) is 20.5. The fraction of sp³-hybridized carbons (Fsp3) is 0.150. The molecule has 0 aliphatic rings. The molecule has 0 saturated heterocycles. The van der Waals surface area contributed by atoms with Crippen LogP contribution in [0.5, 0.6) is 0 Å². The minimum absolute atomic E-state index is 1.03. The minimum atomic E-state index is 1.03. The van der Waals surface area contributed by atoms with Gasteiger partial charge >= 0.3 is 0 Å². The summed E-state index contributed by atoms with van der Waals surface area (Å²) in [6.45, 7) is 8.77. The van der Waals surface area contributed by atoms with Gasteiger partial charge in [0.2, 0.25) is 0 Å². The van der Waals surface area contributed by atoms with E-state index in [4.69, 9.17) is 0 Å². The van der Waals surface area contributed by atoms with Crippen LogP contribution in [0.3, 0.4) is 0 Å². The minimum Gasteiger partial charge on any atom is -0.355 e. The van der Waals surface area contributed by atoms with E-state index in [1.54, 1.807) is 0 Å². The molecular formula is C40H36N2. The van der Waals surface area contributed by atoms with Crippen LogP contribution in [0.15, 0.2) is 109 Å². The molecule has 0 atom stereocenters. The molecule has 0 aromatic heterocycles. The molecule has 0 spiro atoms. The summed E-state index contributed by atoms with van der Waals surface area (Å²) in [4.78, 5) is 0. The molecule has 206 valence electrons. The van der Waals surface area contributed by atoms with Crippen molar-refractivity contribution >= 4 is 55.1 Å². The van der Waals surface area contributed by atoms with Crippen molar-refractivity contribution in [2.75, 3.05) is 10.6 Å². The average Bonchev–Trinajstić information content (AvgIpc) is 3.03. The van der Waals surface area contributed by atoms with E-state index in [1.165, 1.54) is 65.7 Å². The molecule has 0 saturated carbocycles. The molecule has 7 aromatic carbocycles. The largest absolute Gasteiger partial charge is 0.355 e. The van der Waals surface area contributed by atoms with Crippen LogP contribution in [-0.4, -0.2) is 0 Å². The predicted molar refractivity (Wildman–Crippen MR) is 183 cm³/mol. The normalized spacial score (nSPS) is 11.5. The first kappa shape index (κ1) is 26.1. The summed E-state index contributed by atoms with van der Waals surface area (Å²) in [7, 11) is 0. The van der Waals surface area contributed by atoms with Crippen LogP contribution < -0.4 is 10.6 Å². The van der Waals surface area contributed by atoms with Gasteiger partial charge in [0, 0.05) is 33.4 Å². The van der Waals surface area contributed by atoms with E-state index in [1.807, 2.05) is 0 Å². The van der Waals surface area contributed by atoms with Crippen LogP contribution in [0.4, 0.5) is 22.7 Å². The summed E-state index contributed by atoms with van der Waals surface area (Å²) in [6, 6.07) is 40.4. The van der Waals surface area contributed by atoms with Gasteiger partial charge in [-0.25, -0.2) is 0 Å². The van der Waals surface area contributed by atoms with Crippen LogP contribution >= 0.6 is 0 Å². The Labute approximate surface area is 248 Å². The highest BCUT2D eigenvalue weighted by Crippen LogP contribution is 2.45. The van der Waals surface area contributed by atoms with Crippen molar-refractivity contribution in [2.45, 2.75) is 40.5 Å². The fourth-order valence-electron chi connectivity index (χ4n) is 6.20. The summed E-state index contributed by atoms with van der Waals surface area (Å²) < 4.78 is 0. The molecule has 0 unspecified atom stereocenters. The van der Waals surface area contributed by atoms with Gasteiger partial charge in [-0.05, 0) is 112 Å². The third-order valence-electron chi connectivity index (χ3n) is 8.87. The lowest BCUT2D eigenvalue weighted by atomic mass is 9.88. The van der Waals surface area contributed by atoms with Crippen LogP contribution in [0, 0.1) is 13.8 Å². The highest BCUT2D eigenvalue weighted by atomic mass is 14.9. The zero-order valence-corrected chi connectivity index (χ0v) is 24.8. The van der Waals surface area contributed by atoms with Gasteiger partial charge in [-0.15, -0.1) is 0 Å². The second kappa shape index (κ2) is 10.5. The molecule has 2 nitrogen and oxygen atoms in total. The van der Waals surface area contributed by atoms with Crippen LogP contribution in [-0.2, 0) is 12.8 Å². The lowest BCUT2D eigenvalue weighted by Crippen LogP contribution is -1.98. The van der Waals surface area contributed by atoms with E-state index >= 15 is 0 Å². The van der Waals surface area contributed by atoms with Crippen LogP contribution in [0.1, 0.15) is 36.1 Å². The maximum absolute atomic E-state index is 3.86. The van der Waals surface area contributed by atoms with Gasteiger partial charge < -0.3 is 10.6 Å². The van der Waals surface area contributed by atoms with Crippen LogP contribution in [0.25, 0.3) is 43.4 Å². The Bertz CT molecular complexity index is 2050. The number of hydrogen-bond donors (Lipinski definition) is 2. The average molecular weight is 545 g/mol. The standard InChI is InChI=1S/C40H36N2/c1-5-27-8-16-32(17-9-27)41-37-22-15-29-13-21-35-39-31(14-20-34(37)38(29)39)24-36(30-12-7-25(3)26(4)23-30)40(35)42-33-18-10-28(6-2)11-19-33/h7-24,41-42H,5-6H2,1-4H3. The molecular weight excluding hydrogens is 508 g/mol. The van der Waals surface area contributed by atoms with Crippen molar-refractivity contribution in [1.29, 1.82) is 0 Å². The molecule has 0 bridgehead atoms. The molecule has 42 heavy (non-hydrogen) atoms. The number of benzene rings is 7. The first-order valence-corrected chi connectivity index (χ1v) is 15.1. The van der Waals surface area contributed by atoms with Crippen LogP contribution in [0.2, 0.25) is 0 Å². The highest BCUT2D eigenvalue weighted by Gasteiger charge is 2.18. The van der Waals surface area contributed by atoms with E-state index < -0.39 is 0 Å². The second-order valence-electron chi connectivity index (χ2n) is 11.5. The Morgan fingerprint density at radius 2 is 1.10 bits per heavy atom. The van der Waals surface area contributed by atoms with Gasteiger partial charge in [-0.3, -0.25) is 0 Å². The van der Waals surface area contributed by atoms with Crippen molar-refractivity contribution in [3.8, 4) is 11.1 Å². The van der Waals surface area contributed by atoms with Gasteiger partial charge in [0.25, 0.3) is 0 Å². The molecule has 2 heteroatoms. The second-order valence-corrected chi connectivity index (χ2v) is 11.5. The Kier molecular flexibility index (Phi) is 6.55. The maximum Gasteiger partial charge on any atom is 0.0544 e. The summed E-state index contributed by atoms with van der Waals surface area (Å²) in [5.41, 5.74) is 12.2. The molecule has 0 fully saturated rings. The number of aryl methyl sites for hydroxylation is 4. The lowest BCUT2D eigenvalue weighted by Gasteiger charge is -2.21. The highest BCUT2D eigenvalue weighted by molar-refractivity contribution is 6.29. The lowest BCUT2D eigenvalue weighted by molar-refractivity contribution is 1.14. The quantitative estimate of drug-likeness (QED) is 0.195. The molecule has 7 rings (SSSR count). The van der Waals surface area contributed by atoms with Gasteiger partial charge in [0.15, 0.2) is 0 Å². The molecule has 0 heterocycles. The number of rotatable bonds is 7. The topological polar surface area (TPSA) is 24.1 Å². The summed E-state index contributed by atoms with van der Waals surface area (Å²) in [5.74, 6) is 0. The number of hydrogen-bond acceptors (Lipinski definition) is 2. The van der Waals surface area contributed by atoms with Crippen molar-refractivity contribution in [3.05, 3.63) is 131 Å². The molecule has 0 radical (unpaired) electrons. The van der Waals surface area contributed by atoms with E-state index in [-0.39, 0.29) is 0 Å². The smallest absolute Gasteiger partial charge is 0.0544 e. The zero-order valence-electron chi connectivity index (χ0n) is 24.8. The maximum atomic E-state index is 3.86. The SMILES string of the molecule is CCc1ccc(Nc2ccc3ccc4c(Nc5ccc(CC)cc5)c(-c5ccc(C)c(C)c5)cc5ccc2c3c54)cc1. The Morgan fingerprint density at radius 3 is 1.76 bits per heavy atom. The predicted octanol–water partition coefficient (Wildman–Crippen LogP) is 11.5. The van der Waals surface area contributed by atoms with Gasteiger partial charge in [-0.1, -0.05) is 86.6 Å². The third-order valence-corrected chi connectivity index (χ3v) is 8.87. The molecule has 7 aromatic rings. The molecule has 0 aliphatic carbocycles. The van der Waals surface area contributed by atoms with Crippen molar-refractivity contribution in [1.82, 2.24) is 0 Å². The first-order valence-electron chi connectivity index (χ1n) is 15.1. The zero-order chi connectivity index (χ0) is 28.8. The van der Waals surface area contributed by atoms with E-state index in [2.05, 4.69) is 148 Å². The molecule has 0 amide bonds. The third kappa shape index (κ3) is 4.54. The Hall–Kier alpha value is -4.82. The van der Waals surface area contributed by atoms with Gasteiger partial charge in [0.1, 0.15) is 0 Å².